The van der Waals surface area contributed by atoms with Crippen LogP contribution in [0.5, 0.6) is 0 Å². The second-order valence-electron chi connectivity index (χ2n) is 8.74. The molecule has 0 aromatic carbocycles. The van der Waals surface area contributed by atoms with Crippen LogP contribution in [0.25, 0.3) is 0 Å². The maximum atomic E-state index is 15.0. The van der Waals surface area contributed by atoms with Crippen molar-refractivity contribution < 1.29 is 4.39 Å². The van der Waals surface area contributed by atoms with Crippen molar-refractivity contribution in [2.45, 2.75) is 76.8 Å². The van der Waals surface area contributed by atoms with Crippen LogP contribution >= 0.6 is 0 Å². The van der Waals surface area contributed by atoms with Crippen LogP contribution in [0.3, 0.4) is 0 Å². The maximum absolute atomic E-state index is 15.0. The van der Waals surface area contributed by atoms with Gasteiger partial charge in [-0.25, -0.2) is 9.37 Å². The second-order valence-corrected chi connectivity index (χ2v) is 8.74. The zero-order chi connectivity index (χ0) is 21.3. The van der Waals surface area contributed by atoms with Gasteiger partial charge in [-0.1, -0.05) is 19.6 Å². The smallest absolute Gasteiger partial charge is 0.165 e. The number of nitrogens with one attached hydrogen (secondary N) is 1. The Balaban J connectivity index is 1.47. The lowest BCUT2D eigenvalue weighted by Gasteiger charge is -2.31. The molecule has 2 aromatic rings. The highest BCUT2D eigenvalue weighted by atomic mass is 19.1. The summed E-state index contributed by atoms with van der Waals surface area (Å²) in [5, 5.41) is 8.50. The lowest BCUT2D eigenvalue weighted by Crippen LogP contribution is -2.37. The zero-order valence-electron chi connectivity index (χ0n) is 18.0. The molecule has 4 nitrogen and oxygen atoms in total. The lowest BCUT2D eigenvalue weighted by atomic mass is 9.98. The number of allylic oxidation sites excluding steroid dienone is 1. The van der Waals surface area contributed by atoms with E-state index in [0.29, 0.717) is 35.6 Å². The average Bonchev–Trinajstić information content (AvgIpc) is 3.52. The first-order chi connectivity index (χ1) is 14.5. The number of hydrogen-bond acceptors (Lipinski definition) is 4. The summed E-state index contributed by atoms with van der Waals surface area (Å²) in [5.41, 5.74) is 3.91. The first kappa shape index (κ1) is 20.7. The monoisotopic (exact) mass is 406 g/mol. The molecule has 0 spiro atoms. The average molecular weight is 407 g/mol. The fraction of sp³-hybridized carbons (Fsp3) is 0.480. The van der Waals surface area contributed by atoms with Crippen molar-refractivity contribution in [3.05, 3.63) is 65.4 Å². The lowest BCUT2D eigenvalue weighted by molar-refractivity contribution is 0.544. The SMILES string of the molecule is C=C(CCC1CCC(CC)N1c1ncc(C2CC2)cc1F)C(=N)c1ncccc1C. The summed E-state index contributed by atoms with van der Waals surface area (Å²) in [6, 6.07) is 6.08. The first-order valence-electron chi connectivity index (χ1n) is 11.1. The third-order valence-electron chi connectivity index (χ3n) is 6.61. The molecule has 5 heteroatoms. The van der Waals surface area contributed by atoms with E-state index >= 15 is 4.39 Å². The number of aromatic nitrogens is 2. The summed E-state index contributed by atoms with van der Waals surface area (Å²) in [5.74, 6) is 0.803. The standard InChI is InChI=1S/C25H31FN4/c1-4-20-11-12-21(10-7-16(2)23(27)24-17(3)6-5-13-28-24)30(20)25-22(26)14-19(15-29-25)18-8-9-18/h5-6,13-15,18,20-21,27H,2,4,7-12H2,1,3H3. The molecule has 2 aromatic heterocycles. The van der Waals surface area contributed by atoms with Crippen molar-refractivity contribution in [1.29, 1.82) is 5.41 Å². The molecule has 1 N–H and O–H groups in total. The van der Waals surface area contributed by atoms with Crippen LogP contribution in [0.1, 0.15) is 74.6 Å². The molecule has 2 unspecified atom stereocenters. The highest BCUT2D eigenvalue weighted by Crippen LogP contribution is 2.41. The Hall–Kier alpha value is -2.56. The van der Waals surface area contributed by atoms with Crippen molar-refractivity contribution >= 4 is 11.5 Å². The van der Waals surface area contributed by atoms with Gasteiger partial charge in [-0.3, -0.25) is 10.4 Å². The number of hydrogen-bond donors (Lipinski definition) is 1. The van der Waals surface area contributed by atoms with Crippen molar-refractivity contribution in [2.24, 2.45) is 0 Å². The third-order valence-corrected chi connectivity index (χ3v) is 6.61. The van der Waals surface area contributed by atoms with Gasteiger partial charge in [0.2, 0.25) is 0 Å². The topological polar surface area (TPSA) is 52.9 Å². The van der Waals surface area contributed by atoms with E-state index in [1.807, 2.05) is 25.3 Å². The normalized spacial score (nSPS) is 21.1. The molecule has 1 saturated heterocycles. The minimum absolute atomic E-state index is 0.194. The van der Waals surface area contributed by atoms with E-state index in [-0.39, 0.29) is 11.9 Å². The molecule has 2 fully saturated rings. The third kappa shape index (κ3) is 4.16. The van der Waals surface area contributed by atoms with Crippen LogP contribution in [0.15, 0.2) is 42.7 Å². The van der Waals surface area contributed by atoms with Crippen LogP contribution in [-0.4, -0.2) is 27.8 Å². The summed E-state index contributed by atoms with van der Waals surface area (Å²) in [6.07, 6.45) is 10.5. The Morgan fingerprint density at radius 1 is 1.23 bits per heavy atom. The van der Waals surface area contributed by atoms with Crippen LogP contribution in [-0.2, 0) is 0 Å². The van der Waals surface area contributed by atoms with Gasteiger partial charge in [0.15, 0.2) is 11.6 Å². The fourth-order valence-electron chi connectivity index (χ4n) is 4.65. The largest absolute Gasteiger partial charge is 0.348 e. The molecule has 4 rings (SSSR count). The molecule has 0 amide bonds. The summed E-state index contributed by atoms with van der Waals surface area (Å²) >= 11 is 0. The van der Waals surface area contributed by atoms with E-state index in [2.05, 4.69) is 28.4 Å². The Morgan fingerprint density at radius 2 is 2.00 bits per heavy atom. The van der Waals surface area contributed by atoms with Gasteiger partial charge in [0, 0.05) is 24.5 Å². The Morgan fingerprint density at radius 3 is 2.67 bits per heavy atom. The number of nitrogens with zero attached hydrogens (tertiary/aromatic N) is 3. The van der Waals surface area contributed by atoms with Gasteiger partial charge in [-0.2, -0.15) is 0 Å². The molecule has 1 saturated carbocycles. The molecule has 0 bridgehead atoms. The van der Waals surface area contributed by atoms with Crippen molar-refractivity contribution in [3.8, 4) is 0 Å². The molecule has 2 atom stereocenters. The van der Waals surface area contributed by atoms with E-state index in [4.69, 9.17) is 5.41 Å². The summed E-state index contributed by atoms with van der Waals surface area (Å²) in [4.78, 5) is 11.1. The molecule has 30 heavy (non-hydrogen) atoms. The Bertz CT molecular complexity index is 950. The highest BCUT2D eigenvalue weighted by molar-refractivity contribution is 6.09. The van der Waals surface area contributed by atoms with Gasteiger partial charge in [0.25, 0.3) is 0 Å². The van der Waals surface area contributed by atoms with Crippen LogP contribution < -0.4 is 4.90 Å². The number of aryl methyl sites for hydroxylation is 1. The maximum Gasteiger partial charge on any atom is 0.165 e. The fourth-order valence-corrected chi connectivity index (χ4v) is 4.65. The van der Waals surface area contributed by atoms with Crippen LogP contribution in [0.2, 0.25) is 0 Å². The number of anilines is 1. The van der Waals surface area contributed by atoms with E-state index in [1.165, 1.54) is 0 Å². The van der Waals surface area contributed by atoms with Gasteiger partial charge < -0.3 is 4.90 Å². The highest BCUT2D eigenvalue weighted by Gasteiger charge is 2.35. The number of rotatable bonds is 8. The number of halogens is 1. The van der Waals surface area contributed by atoms with Crippen molar-refractivity contribution in [2.75, 3.05) is 4.90 Å². The molecule has 1 aliphatic heterocycles. The van der Waals surface area contributed by atoms with E-state index in [0.717, 1.165) is 55.2 Å². The van der Waals surface area contributed by atoms with E-state index in [1.54, 1.807) is 12.3 Å². The Labute approximate surface area is 178 Å². The summed E-state index contributed by atoms with van der Waals surface area (Å²) in [6.45, 7) is 8.28. The molecular weight excluding hydrogens is 375 g/mol. The molecular formula is C25H31FN4. The Kier molecular flexibility index (Phi) is 5.98. The number of pyridine rings is 2. The van der Waals surface area contributed by atoms with Crippen molar-refractivity contribution in [3.63, 3.8) is 0 Å². The van der Waals surface area contributed by atoms with Gasteiger partial charge in [-0.15, -0.1) is 0 Å². The van der Waals surface area contributed by atoms with Gasteiger partial charge >= 0.3 is 0 Å². The summed E-state index contributed by atoms with van der Waals surface area (Å²) < 4.78 is 15.0. The minimum atomic E-state index is -0.194. The van der Waals surface area contributed by atoms with Gasteiger partial charge in [0.05, 0.1) is 11.4 Å². The molecule has 3 heterocycles. The van der Waals surface area contributed by atoms with E-state index < -0.39 is 0 Å². The predicted octanol–water partition coefficient (Wildman–Crippen LogP) is 5.95. The van der Waals surface area contributed by atoms with Gasteiger partial charge in [-0.05, 0) is 86.6 Å². The van der Waals surface area contributed by atoms with Crippen molar-refractivity contribution in [1.82, 2.24) is 9.97 Å². The molecule has 1 aliphatic carbocycles. The van der Waals surface area contributed by atoms with Crippen LogP contribution in [0.4, 0.5) is 10.2 Å². The molecule has 158 valence electrons. The predicted molar refractivity (Wildman–Crippen MR) is 120 cm³/mol. The first-order valence-corrected chi connectivity index (χ1v) is 11.1. The summed E-state index contributed by atoms with van der Waals surface area (Å²) in [7, 11) is 0. The minimum Gasteiger partial charge on any atom is -0.348 e. The van der Waals surface area contributed by atoms with Gasteiger partial charge in [0.1, 0.15) is 0 Å². The quantitative estimate of drug-likeness (QED) is 0.551. The van der Waals surface area contributed by atoms with Crippen LogP contribution in [0, 0.1) is 18.2 Å². The van der Waals surface area contributed by atoms with E-state index in [9.17, 15) is 0 Å². The molecule has 2 aliphatic rings. The molecule has 0 radical (unpaired) electrons. The zero-order valence-corrected chi connectivity index (χ0v) is 18.0. The second kappa shape index (κ2) is 8.66.